The zero-order valence-electron chi connectivity index (χ0n) is 15.1. The summed E-state index contributed by atoms with van der Waals surface area (Å²) < 4.78 is 12.0. The number of fused-ring (bicyclic) bond motifs is 3. The van der Waals surface area contributed by atoms with Crippen LogP contribution in [0, 0.1) is 0 Å². The molecule has 0 saturated heterocycles. The van der Waals surface area contributed by atoms with Crippen LogP contribution in [0.25, 0.3) is 0 Å². The number of para-hydroxylation sites is 1. The maximum absolute atomic E-state index is 6.17. The first kappa shape index (κ1) is 18.0. The molecular formula is C21H19ClN2O2S. The number of allylic oxidation sites excluding steroid dienone is 1. The lowest BCUT2D eigenvalue weighted by Crippen LogP contribution is -2.22. The lowest BCUT2D eigenvalue weighted by molar-refractivity contribution is 0.319. The van der Waals surface area contributed by atoms with Crippen molar-refractivity contribution in [1.82, 2.24) is 0 Å². The Balaban J connectivity index is 1.90. The Morgan fingerprint density at radius 3 is 2.74 bits per heavy atom. The van der Waals surface area contributed by atoms with E-state index in [9.17, 15) is 0 Å². The van der Waals surface area contributed by atoms with Crippen molar-refractivity contribution in [2.24, 2.45) is 5.10 Å². The molecule has 0 amide bonds. The number of hydrazone groups is 1. The Hall–Kier alpha value is -2.34. The van der Waals surface area contributed by atoms with E-state index in [0.717, 1.165) is 39.1 Å². The molecule has 27 heavy (non-hydrogen) atoms. The number of rotatable bonds is 2. The van der Waals surface area contributed by atoms with Gasteiger partial charge < -0.3 is 9.47 Å². The van der Waals surface area contributed by atoms with Gasteiger partial charge in [0.1, 0.15) is 22.3 Å². The fraction of sp³-hybridized carbons (Fsp3) is 0.190. The van der Waals surface area contributed by atoms with Crippen molar-refractivity contribution in [2.45, 2.75) is 20.3 Å². The van der Waals surface area contributed by atoms with Gasteiger partial charge in [0, 0.05) is 16.2 Å². The predicted octanol–water partition coefficient (Wildman–Crippen LogP) is 5.28. The first-order valence-electron chi connectivity index (χ1n) is 8.75. The van der Waals surface area contributed by atoms with Crippen molar-refractivity contribution >= 4 is 44.5 Å². The van der Waals surface area contributed by atoms with Crippen molar-refractivity contribution in [2.75, 3.05) is 11.6 Å². The third kappa shape index (κ3) is 3.72. The van der Waals surface area contributed by atoms with Gasteiger partial charge in [0.2, 0.25) is 0 Å². The molecule has 0 unspecified atom stereocenters. The van der Waals surface area contributed by atoms with E-state index in [-0.39, 0.29) is 0 Å². The summed E-state index contributed by atoms with van der Waals surface area (Å²) in [5.74, 6) is 1.69. The van der Waals surface area contributed by atoms with Crippen LogP contribution in [0.5, 0.6) is 5.75 Å². The molecule has 0 atom stereocenters. The molecule has 2 aromatic rings. The van der Waals surface area contributed by atoms with Gasteiger partial charge in [-0.15, -0.1) is 10.9 Å². The van der Waals surface area contributed by atoms with Crippen LogP contribution in [0.2, 0.25) is 5.02 Å². The maximum Gasteiger partial charge on any atom is 0.136 e. The molecule has 4 rings (SSSR count). The number of hydrogen-bond donors (Lipinski definition) is 0. The van der Waals surface area contributed by atoms with E-state index in [1.165, 1.54) is 10.9 Å². The first-order chi connectivity index (χ1) is 13.2. The van der Waals surface area contributed by atoms with Crippen LogP contribution in [0.3, 0.4) is 0 Å². The van der Waals surface area contributed by atoms with Crippen molar-refractivity contribution in [3.05, 3.63) is 70.4 Å². The zero-order valence-corrected chi connectivity index (χ0v) is 16.7. The van der Waals surface area contributed by atoms with E-state index in [4.69, 9.17) is 26.2 Å². The van der Waals surface area contributed by atoms with Crippen LogP contribution in [-0.4, -0.2) is 22.9 Å². The van der Waals surface area contributed by atoms with Gasteiger partial charge >= 0.3 is 0 Å². The van der Waals surface area contributed by atoms with E-state index >= 15 is 0 Å². The molecule has 0 radical (unpaired) electrons. The minimum atomic E-state index is 0.600. The smallest absolute Gasteiger partial charge is 0.136 e. The average molecular weight is 399 g/mol. The number of halogens is 1. The summed E-state index contributed by atoms with van der Waals surface area (Å²) in [6, 6.07) is 15.6. The van der Waals surface area contributed by atoms with Gasteiger partial charge in [-0.3, -0.25) is 0 Å². The molecule has 0 aromatic heterocycles. The lowest BCUT2D eigenvalue weighted by atomic mass is 9.98. The van der Waals surface area contributed by atoms with Crippen LogP contribution in [-0.2, 0) is 4.74 Å². The summed E-state index contributed by atoms with van der Waals surface area (Å²) in [6.07, 6.45) is 0.600. The normalized spacial score (nSPS) is 18.1. The fourth-order valence-corrected chi connectivity index (χ4v) is 3.88. The Labute approximate surface area is 167 Å². The molecule has 0 fully saturated rings. The summed E-state index contributed by atoms with van der Waals surface area (Å²) in [6.45, 7) is 4.63. The molecule has 2 heterocycles. The van der Waals surface area contributed by atoms with Crippen molar-refractivity contribution in [3.8, 4) is 5.75 Å². The molecule has 6 heteroatoms. The molecule has 0 N–H and O–H groups in total. The molecule has 0 saturated carbocycles. The third-order valence-corrected chi connectivity index (χ3v) is 5.42. The first-order valence-corrected chi connectivity index (χ1v) is 10.0. The number of benzene rings is 2. The topological polar surface area (TPSA) is 34.1 Å². The molecule has 0 aliphatic carbocycles. The Morgan fingerprint density at radius 2 is 1.96 bits per heavy atom. The maximum atomic E-state index is 6.17. The van der Waals surface area contributed by atoms with Gasteiger partial charge in [-0.25, -0.2) is 5.01 Å². The molecular weight excluding hydrogens is 380 g/mol. The fourth-order valence-electron chi connectivity index (χ4n) is 2.96. The highest BCUT2D eigenvalue weighted by molar-refractivity contribution is 7.97. The standard InChI is InChI=1S/C21H19ClN2O2S/c1-3-25-20-12-19-14(2)21(17-6-4-5-7-18(17)26-19)23-24(13-27-20)16-10-8-15(22)9-11-16/h4-11,13H,3,12H2,1-2H3/b23-21+. The molecule has 2 aliphatic rings. The predicted molar refractivity (Wildman–Crippen MR) is 115 cm³/mol. The monoisotopic (exact) mass is 398 g/mol. The van der Waals surface area contributed by atoms with E-state index < -0.39 is 0 Å². The Kier molecular flexibility index (Phi) is 5.16. The summed E-state index contributed by atoms with van der Waals surface area (Å²) in [5.41, 5.74) is 5.78. The number of nitrogens with zero attached hydrogens (tertiary/aromatic N) is 2. The molecule has 2 aromatic carbocycles. The van der Waals surface area contributed by atoms with E-state index in [1.54, 1.807) is 0 Å². The van der Waals surface area contributed by atoms with Gasteiger partial charge in [0.05, 0.1) is 24.2 Å². The highest BCUT2D eigenvalue weighted by atomic mass is 35.5. The molecule has 138 valence electrons. The van der Waals surface area contributed by atoms with Crippen LogP contribution in [0.1, 0.15) is 25.8 Å². The third-order valence-electron chi connectivity index (χ3n) is 4.34. The van der Waals surface area contributed by atoms with Gasteiger partial charge in [0.25, 0.3) is 0 Å². The quantitative estimate of drug-likeness (QED) is 0.645. The number of hydrogen-bond acceptors (Lipinski definition) is 4. The van der Waals surface area contributed by atoms with Crippen LogP contribution in [0.4, 0.5) is 5.69 Å². The van der Waals surface area contributed by atoms with Crippen molar-refractivity contribution < 1.29 is 9.47 Å². The minimum absolute atomic E-state index is 0.600. The second-order valence-corrected chi connectivity index (χ2v) is 7.46. The molecule has 2 bridgehead atoms. The van der Waals surface area contributed by atoms with Crippen LogP contribution in [0.15, 0.2) is 65.0 Å². The summed E-state index contributed by atoms with van der Waals surface area (Å²) in [4.78, 5) is 0. The van der Waals surface area contributed by atoms with Gasteiger partial charge in [-0.05, 0) is 50.2 Å². The number of anilines is 1. The summed E-state index contributed by atoms with van der Waals surface area (Å²) >= 11 is 6.06. The highest BCUT2D eigenvalue weighted by Crippen LogP contribution is 2.33. The largest absolute Gasteiger partial charge is 0.460 e. The van der Waals surface area contributed by atoms with Gasteiger partial charge in [-0.2, -0.15) is 5.10 Å². The molecule has 0 spiro atoms. The van der Waals surface area contributed by atoms with E-state index in [2.05, 4.69) is 0 Å². The van der Waals surface area contributed by atoms with Gasteiger partial charge in [-0.1, -0.05) is 23.7 Å². The van der Waals surface area contributed by atoms with Crippen molar-refractivity contribution in [3.63, 3.8) is 0 Å². The molecule has 4 nitrogen and oxygen atoms in total. The van der Waals surface area contributed by atoms with Crippen LogP contribution < -0.4 is 9.75 Å². The van der Waals surface area contributed by atoms with Crippen LogP contribution >= 0.6 is 22.5 Å². The van der Waals surface area contributed by atoms with E-state index in [1.807, 2.05) is 72.9 Å². The zero-order chi connectivity index (χ0) is 18.8. The summed E-state index contributed by atoms with van der Waals surface area (Å²) in [5, 5.41) is 8.39. The summed E-state index contributed by atoms with van der Waals surface area (Å²) in [7, 11) is 1.51. The Bertz CT molecular complexity index is 1010. The van der Waals surface area contributed by atoms with Crippen molar-refractivity contribution in [1.29, 1.82) is 0 Å². The van der Waals surface area contributed by atoms with E-state index in [0.29, 0.717) is 18.1 Å². The lowest BCUT2D eigenvalue weighted by Gasteiger charge is -2.24. The Morgan fingerprint density at radius 1 is 1.19 bits per heavy atom. The second kappa shape index (κ2) is 7.72. The number of ether oxygens (including phenoxy) is 2. The highest BCUT2D eigenvalue weighted by Gasteiger charge is 2.25. The van der Waals surface area contributed by atoms with Gasteiger partial charge in [0.15, 0.2) is 0 Å². The minimum Gasteiger partial charge on any atom is -0.460 e. The second-order valence-electron chi connectivity index (χ2n) is 6.12. The molecule has 2 aliphatic heterocycles. The average Bonchev–Trinajstić information content (AvgIpc) is 2.71. The SMILES string of the molecule is CCOC1=S=CN(c2ccc(Cl)cc2)/N=C2\C(C)=C(C1)Oc1ccccc12.